The van der Waals surface area contributed by atoms with E-state index in [9.17, 15) is 18.4 Å². The number of alkyl halides is 1. The molecule has 0 heterocycles. The van der Waals surface area contributed by atoms with Crippen molar-refractivity contribution < 1.29 is 18.4 Å². The Balaban J connectivity index is 0.000000446. The van der Waals surface area contributed by atoms with E-state index in [-0.39, 0.29) is 11.8 Å². The van der Waals surface area contributed by atoms with Crippen molar-refractivity contribution in [2.75, 3.05) is 13.1 Å². The summed E-state index contributed by atoms with van der Waals surface area (Å²) in [5.74, 6) is -0.840. The molecule has 0 aromatic heterocycles. The van der Waals surface area contributed by atoms with Gasteiger partial charge in [0.25, 0.3) is 11.8 Å². The van der Waals surface area contributed by atoms with Crippen LogP contribution in [0.15, 0.2) is 90.9 Å². The molecule has 0 saturated heterocycles. The summed E-state index contributed by atoms with van der Waals surface area (Å²) in [6.07, 6.45) is 8.25. The minimum atomic E-state index is -1.15. The summed E-state index contributed by atoms with van der Waals surface area (Å²) in [5, 5.41) is 8.87. The van der Waals surface area contributed by atoms with Crippen LogP contribution < -0.4 is 16.0 Å². The molecule has 1 atom stereocenters. The number of carbonyl (C=O) groups excluding carboxylic acids is 2. The Bertz CT molecular complexity index is 1220. The second-order valence-electron chi connectivity index (χ2n) is 9.36. The van der Waals surface area contributed by atoms with Gasteiger partial charge in [-0.2, -0.15) is 0 Å². The van der Waals surface area contributed by atoms with Crippen molar-refractivity contribution in [3.05, 3.63) is 119 Å². The lowest BCUT2D eigenvalue weighted by Crippen LogP contribution is -2.27. The van der Waals surface area contributed by atoms with Crippen molar-refractivity contribution in [2.45, 2.75) is 52.8 Å². The fraction of sp³-hybridized carbons (Fsp3) is 0.312. The maximum atomic E-state index is 12.5. The van der Waals surface area contributed by atoms with Gasteiger partial charge in [-0.05, 0) is 104 Å². The van der Waals surface area contributed by atoms with E-state index < -0.39 is 12.0 Å². The van der Waals surface area contributed by atoms with Crippen LogP contribution in [-0.4, -0.2) is 31.1 Å². The van der Waals surface area contributed by atoms with Gasteiger partial charge in [-0.3, -0.25) is 9.59 Å². The Kier molecular flexibility index (Phi) is 13.6. The van der Waals surface area contributed by atoms with Crippen molar-refractivity contribution in [3.8, 4) is 0 Å². The Hall–Kier alpha value is -3.84. The first kappa shape index (κ1) is 31.4. The highest BCUT2D eigenvalue weighted by Crippen LogP contribution is 2.13. The lowest BCUT2D eigenvalue weighted by Gasteiger charge is -2.09. The topological polar surface area (TPSA) is 70.2 Å². The van der Waals surface area contributed by atoms with Gasteiger partial charge in [-0.15, -0.1) is 0 Å². The number of allylic oxidation sites excluding steroid dienone is 6. The number of benzene rings is 2. The number of hydrogen-bond donors (Lipinski definition) is 3. The van der Waals surface area contributed by atoms with Crippen LogP contribution in [-0.2, 0) is 13.0 Å². The van der Waals surface area contributed by atoms with Crippen molar-refractivity contribution in [2.24, 2.45) is 0 Å². The fourth-order valence-corrected chi connectivity index (χ4v) is 3.96. The highest BCUT2D eigenvalue weighted by Gasteiger charge is 2.11. The molecule has 0 radical (unpaired) electrons. The molecule has 2 aromatic carbocycles. The van der Waals surface area contributed by atoms with Gasteiger partial charge in [-0.1, -0.05) is 44.2 Å². The van der Waals surface area contributed by atoms with Crippen molar-refractivity contribution in [1.82, 2.24) is 16.0 Å². The lowest BCUT2D eigenvalue weighted by atomic mass is 10.1. The summed E-state index contributed by atoms with van der Waals surface area (Å²) in [4.78, 5) is 24.4. The summed E-state index contributed by atoms with van der Waals surface area (Å²) in [5.41, 5.74) is 5.07. The van der Waals surface area contributed by atoms with Gasteiger partial charge in [0.15, 0.2) is 0 Å². The summed E-state index contributed by atoms with van der Waals surface area (Å²) >= 11 is 0. The predicted octanol–water partition coefficient (Wildman–Crippen LogP) is 6.42. The second kappa shape index (κ2) is 16.9. The molecule has 7 heteroatoms. The molecule has 5 nitrogen and oxygen atoms in total. The predicted molar refractivity (Wildman–Crippen MR) is 155 cm³/mol. The molecule has 1 unspecified atom stereocenters. The average molecular weight is 536 g/mol. The fourth-order valence-electron chi connectivity index (χ4n) is 3.96. The van der Waals surface area contributed by atoms with E-state index in [0.29, 0.717) is 23.2 Å². The molecular formula is C32H39F2N3O2. The zero-order valence-electron chi connectivity index (χ0n) is 23.0. The minimum absolute atomic E-state index is 0.173. The number of halogens is 2. The molecule has 0 aliphatic heterocycles. The van der Waals surface area contributed by atoms with E-state index in [1.54, 1.807) is 25.1 Å². The number of nitrogens with one attached hydrogen (secondary N) is 3. The van der Waals surface area contributed by atoms with Gasteiger partial charge in [-0.25, -0.2) is 8.78 Å². The van der Waals surface area contributed by atoms with Gasteiger partial charge in [0.1, 0.15) is 12.0 Å². The van der Waals surface area contributed by atoms with Crippen LogP contribution in [0.5, 0.6) is 0 Å². The van der Waals surface area contributed by atoms with Gasteiger partial charge in [0, 0.05) is 24.2 Å². The van der Waals surface area contributed by atoms with E-state index >= 15 is 0 Å². The third kappa shape index (κ3) is 12.0. The van der Waals surface area contributed by atoms with Crippen LogP contribution >= 0.6 is 0 Å². The van der Waals surface area contributed by atoms with Crippen molar-refractivity contribution >= 4 is 11.8 Å². The molecule has 39 heavy (non-hydrogen) atoms. The molecule has 208 valence electrons. The summed E-state index contributed by atoms with van der Waals surface area (Å²) < 4.78 is 24.9. The van der Waals surface area contributed by atoms with E-state index in [4.69, 9.17) is 0 Å². The zero-order valence-corrected chi connectivity index (χ0v) is 23.0. The quantitative estimate of drug-likeness (QED) is 0.291. The molecule has 0 fully saturated rings. The number of amides is 2. The zero-order chi connectivity index (χ0) is 28.6. The van der Waals surface area contributed by atoms with Crippen LogP contribution in [0.3, 0.4) is 0 Å². The van der Waals surface area contributed by atoms with Crippen molar-refractivity contribution in [3.63, 3.8) is 0 Å². The van der Waals surface area contributed by atoms with Crippen LogP contribution in [0, 0.1) is 6.92 Å². The average Bonchev–Trinajstić information content (AvgIpc) is 3.04. The van der Waals surface area contributed by atoms with E-state index in [1.165, 1.54) is 35.6 Å². The Morgan fingerprint density at radius 3 is 2.46 bits per heavy atom. The van der Waals surface area contributed by atoms with Crippen LogP contribution in [0.1, 0.15) is 64.1 Å². The van der Waals surface area contributed by atoms with Gasteiger partial charge >= 0.3 is 0 Å². The third-order valence-corrected chi connectivity index (χ3v) is 5.74. The first-order valence-electron chi connectivity index (χ1n) is 13.2. The summed E-state index contributed by atoms with van der Waals surface area (Å²) in [7, 11) is 0. The lowest BCUT2D eigenvalue weighted by molar-refractivity contribution is 0.0953. The molecule has 2 aromatic rings. The van der Waals surface area contributed by atoms with Gasteiger partial charge in [0.2, 0.25) is 0 Å². The Labute approximate surface area is 230 Å². The van der Waals surface area contributed by atoms with E-state index in [2.05, 4.69) is 53.7 Å². The van der Waals surface area contributed by atoms with Gasteiger partial charge in [0.05, 0.1) is 0 Å². The molecule has 0 saturated carbocycles. The third-order valence-electron chi connectivity index (χ3n) is 5.74. The monoisotopic (exact) mass is 535 g/mol. The largest absolute Gasteiger partial charge is 0.352 e. The number of hydrogen-bond acceptors (Lipinski definition) is 3. The van der Waals surface area contributed by atoms with E-state index in [1.807, 2.05) is 6.92 Å². The number of carbonyl (C=O) groups is 2. The number of aryl methyl sites for hydroxylation is 2. The maximum Gasteiger partial charge on any atom is 0.255 e. The summed E-state index contributed by atoms with van der Waals surface area (Å²) in [6, 6.07) is 13.8. The highest BCUT2D eigenvalue weighted by atomic mass is 19.1. The highest BCUT2D eigenvalue weighted by molar-refractivity contribution is 6.00. The molecule has 3 rings (SSSR count). The van der Waals surface area contributed by atoms with Gasteiger partial charge < -0.3 is 16.0 Å². The maximum absolute atomic E-state index is 12.5. The number of rotatable bonds is 11. The van der Waals surface area contributed by atoms with Crippen LogP contribution in [0.4, 0.5) is 8.78 Å². The SMILES string of the molecule is C=CNC(=O)c1cc(C)cc(C(=O)NCCCNCc2cccc(CCC)c2)c1.CC1=CC(F)C=CC(F)=C1. The smallest absolute Gasteiger partial charge is 0.255 e. The van der Waals surface area contributed by atoms with Crippen molar-refractivity contribution in [1.29, 1.82) is 0 Å². The molecule has 0 spiro atoms. The van der Waals surface area contributed by atoms with E-state index in [0.717, 1.165) is 44.0 Å². The molecule has 1 aliphatic rings. The Morgan fingerprint density at radius 2 is 1.74 bits per heavy atom. The molecule has 3 N–H and O–H groups in total. The summed E-state index contributed by atoms with van der Waals surface area (Å²) in [6.45, 7) is 11.4. The standard InChI is InChI=1S/C24H31N3O2.C8H8F2/c1-4-8-19-9-6-10-20(15-19)17-25-11-7-12-27-24(29)22-14-18(3)13-21(16-22)23(28)26-5-2;1-6-4-7(9)2-3-8(10)5-6/h5-6,9-10,13-16,25H,2,4,7-8,11-12,17H2,1,3H3,(H,26,28)(H,27,29);2-5,7H,1H3. The minimum Gasteiger partial charge on any atom is -0.352 e. The van der Waals surface area contributed by atoms with Crippen LogP contribution in [0.2, 0.25) is 0 Å². The first-order valence-corrected chi connectivity index (χ1v) is 13.2. The molecule has 0 bridgehead atoms. The normalized spacial score (nSPS) is 14.2. The second-order valence-corrected chi connectivity index (χ2v) is 9.36. The first-order chi connectivity index (χ1) is 18.7. The molecule has 2 amide bonds. The molecular weight excluding hydrogens is 496 g/mol. The Morgan fingerprint density at radius 1 is 1.03 bits per heavy atom. The van der Waals surface area contributed by atoms with Crippen LogP contribution in [0.25, 0.3) is 0 Å². The molecule has 1 aliphatic carbocycles.